The first-order valence-corrected chi connectivity index (χ1v) is 7.52. The van der Waals surface area contributed by atoms with Crippen molar-refractivity contribution >= 4 is 28.2 Å². The Hall–Kier alpha value is -0.330. The SMILES string of the molecule is CC1CCCCN1CCSc1nnc(N)s1. The van der Waals surface area contributed by atoms with E-state index >= 15 is 0 Å². The largest absolute Gasteiger partial charge is 0.374 e. The predicted octanol–water partition coefficient (Wildman–Crippen LogP) is 2.09. The van der Waals surface area contributed by atoms with Gasteiger partial charge in [0.1, 0.15) is 0 Å². The van der Waals surface area contributed by atoms with E-state index in [-0.39, 0.29) is 0 Å². The van der Waals surface area contributed by atoms with Crippen LogP contribution in [0, 0.1) is 0 Å². The number of thioether (sulfide) groups is 1. The van der Waals surface area contributed by atoms with Crippen molar-refractivity contribution in [2.75, 3.05) is 24.6 Å². The fraction of sp³-hybridized carbons (Fsp3) is 0.800. The third-order valence-corrected chi connectivity index (χ3v) is 4.83. The number of hydrogen-bond acceptors (Lipinski definition) is 6. The van der Waals surface area contributed by atoms with E-state index < -0.39 is 0 Å². The standard InChI is InChI=1S/C10H18N4S2/c1-8-4-2-3-5-14(8)6-7-15-10-13-12-9(11)16-10/h8H,2-7H2,1H3,(H2,11,12). The zero-order valence-electron chi connectivity index (χ0n) is 9.56. The smallest absolute Gasteiger partial charge is 0.203 e. The Balaban J connectivity index is 1.71. The third-order valence-electron chi connectivity index (χ3n) is 2.97. The molecule has 0 radical (unpaired) electrons. The van der Waals surface area contributed by atoms with Crippen molar-refractivity contribution in [1.82, 2.24) is 15.1 Å². The van der Waals surface area contributed by atoms with Gasteiger partial charge in [-0.05, 0) is 26.3 Å². The summed E-state index contributed by atoms with van der Waals surface area (Å²) in [6, 6.07) is 0.744. The number of piperidine rings is 1. The summed E-state index contributed by atoms with van der Waals surface area (Å²) in [5, 5.41) is 8.38. The maximum absolute atomic E-state index is 5.54. The van der Waals surface area contributed by atoms with E-state index in [1.54, 1.807) is 11.8 Å². The summed E-state index contributed by atoms with van der Waals surface area (Å²) in [6.45, 7) is 4.72. The Morgan fingerprint density at radius 3 is 3.06 bits per heavy atom. The van der Waals surface area contributed by atoms with Crippen LogP contribution in [0.25, 0.3) is 0 Å². The van der Waals surface area contributed by atoms with Gasteiger partial charge in [0, 0.05) is 18.3 Å². The molecular weight excluding hydrogens is 240 g/mol. The average Bonchev–Trinajstić information content (AvgIpc) is 2.67. The Morgan fingerprint density at radius 1 is 1.50 bits per heavy atom. The molecule has 0 amide bonds. The summed E-state index contributed by atoms with van der Waals surface area (Å²) in [6.07, 6.45) is 4.08. The number of anilines is 1. The van der Waals surface area contributed by atoms with Gasteiger partial charge in [0.15, 0.2) is 4.34 Å². The van der Waals surface area contributed by atoms with Gasteiger partial charge >= 0.3 is 0 Å². The number of nitrogens with two attached hydrogens (primary N) is 1. The lowest BCUT2D eigenvalue weighted by atomic mass is 10.0. The van der Waals surface area contributed by atoms with Crippen molar-refractivity contribution < 1.29 is 0 Å². The van der Waals surface area contributed by atoms with Crippen LogP contribution in [0.4, 0.5) is 5.13 Å². The highest BCUT2D eigenvalue weighted by Crippen LogP contribution is 2.24. The highest BCUT2D eigenvalue weighted by atomic mass is 32.2. The molecule has 2 N–H and O–H groups in total. The lowest BCUT2D eigenvalue weighted by Gasteiger charge is -2.32. The highest BCUT2D eigenvalue weighted by molar-refractivity contribution is 8.01. The zero-order chi connectivity index (χ0) is 11.4. The van der Waals surface area contributed by atoms with Crippen LogP contribution in [0.5, 0.6) is 0 Å². The Kier molecular flexibility index (Phi) is 4.43. The van der Waals surface area contributed by atoms with Gasteiger partial charge in [-0.1, -0.05) is 29.5 Å². The summed E-state index contributed by atoms with van der Waals surface area (Å²) in [5.41, 5.74) is 5.54. The van der Waals surface area contributed by atoms with Crippen LogP contribution in [-0.4, -0.2) is 40.0 Å². The van der Waals surface area contributed by atoms with Crippen molar-refractivity contribution in [1.29, 1.82) is 0 Å². The van der Waals surface area contributed by atoms with Gasteiger partial charge in [-0.2, -0.15) is 0 Å². The maximum Gasteiger partial charge on any atom is 0.203 e. The molecule has 0 saturated carbocycles. The maximum atomic E-state index is 5.54. The molecule has 1 aliphatic rings. The minimum atomic E-state index is 0.564. The van der Waals surface area contributed by atoms with Crippen LogP contribution in [0.2, 0.25) is 0 Å². The second kappa shape index (κ2) is 5.84. The molecule has 1 saturated heterocycles. The Labute approximate surface area is 105 Å². The normalized spacial score (nSPS) is 22.4. The van der Waals surface area contributed by atoms with Gasteiger partial charge in [0.25, 0.3) is 0 Å². The van der Waals surface area contributed by atoms with Gasteiger partial charge in [0.2, 0.25) is 5.13 Å². The van der Waals surface area contributed by atoms with Gasteiger partial charge in [-0.15, -0.1) is 10.2 Å². The van der Waals surface area contributed by atoms with Crippen LogP contribution in [0.1, 0.15) is 26.2 Å². The fourth-order valence-electron chi connectivity index (χ4n) is 2.02. The van der Waals surface area contributed by atoms with Crippen LogP contribution >= 0.6 is 23.1 Å². The molecule has 0 spiro atoms. The van der Waals surface area contributed by atoms with Crippen LogP contribution in [-0.2, 0) is 0 Å². The summed E-state index contributed by atoms with van der Waals surface area (Å²) >= 11 is 3.24. The first kappa shape index (κ1) is 12.1. The van der Waals surface area contributed by atoms with Crippen molar-refractivity contribution in [3.8, 4) is 0 Å². The lowest BCUT2D eigenvalue weighted by Crippen LogP contribution is -2.38. The number of nitrogen functional groups attached to an aromatic ring is 1. The third kappa shape index (κ3) is 3.33. The molecule has 4 nitrogen and oxygen atoms in total. The van der Waals surface area contributed by atoms with Crippen LogP contribution in [0.3, 0.4) is 0 Å². The lowest BCUT2D eigenvalue weighted by molar-refractivity contribution is 0.171. The molecule has 0 aromatic carbocycles. The summed E-state index contributed by atoms with van der Waals surface area (Å²) in [4.78, 5) is 2.57. The van der Waals surface area contributed by atoms with Crippen molar-refractivity contribution in [3.63, 3.8) is 0 Å². The predicted molar refractivity (Wildman–Crippen MR) is 69.9 cm³/mol. The number of likely N-dealkylation sites (tertiary alicyclic amines) is 1. The van der Waals surface area contributed by atoms with E-state index in [1.807, 2.05) is 0 Å². The monoisotopic (exact) mass is 258 g/mol. The molecule has 1 aromatic heterocycles. The van der Waals surface area contributed by atoms with Gasteiger partial charge in [-0.3, -0.25) is 4.90 Å². The van der Waals surface area contributed by atoms with Gasteiger partial charge in [0.05, 0.1) is 0 Å². The molecule has 1 unspecified atom stereocenters. The minimum Gasteiger partial charge on any atom is -0.374 e. The minimum absolute atomic E-state index is 0.564. The molecular formula is C10H18N4S2. The summed E-state index contributed by atoms with van der Waals surface area (Å²) < 4.78 is 0.988. The van der Waals surface area contributed by atoms with E-state index in [1.165, 1.54) is 37.1 Å². The van der Waals surface area contributed by atoms with E-state index in [0.717, 1.165) is 22.7 Å². The molecule has 6 heteroatoms. The molecule has 1 atom stereocenters. The van der Waals surface area contributed by atoms with Crippen molar-refractivity contribution in [2.24, 2.45) is 0 Å². The summed E-state index contributed by atoms with van der Waals surface area (Å²) in [5.74, 6) is 1.08. The van der Waals surface area contributed by atoms with E-state index in [2.05, 4.69) is 22.0 Å². The first-order valence-electron chi connectivity index (χ1n) is 5.71. The van der Waals surface area contributed by atoms with Crippen LogP contribution < -0.4 is 5.73 Å². The fourth-order valence-corrected chi connectivity index (χ4v) is 3.70. The number of rotatable bonds is 4. The number of nitrogens with zero attached hydrogens (tertiary/aromatic N) is 3. The molecule has 1 aliphatic heterocycles. The highest BCUT2D eigenvalue weighted by Gasteiger charge is 2.17. The van der Waals surface area contributed by atoms with Crippen LogP contribution in [0.15, 0.2) is 4.34 Å². The van der Waals surface area contributed by atoms with Gasteiger partial charge in [-0.25, -0.2) is 0 Å². The molecule has 0 bridgehead atoms. The summed E-state index contributed by atoms with van der Waals surface area (Å²) in [7, 11) is 0. The topological polar surface area (TPSA) is 55.0 Å². The zero-order valence-corrected chi connectivity index (χ0v) is 11.2. The Morgan fingerprint density at radius 2 is 2.38 bits per heavy atom. The molecule has 2 rings (SSSR count). The quantitative estimate of drug-likeness (QED) is 0.838. The van der Waals surface area contributed by atoms with Crippen molar-refractivity contribution in [2.45, 2.75) is 36.6 Å². The van der Waals surface area contributed by atoms with E-state index in [4.69, 9.17) is 5.73 Å². The Bertz CT molecular complexity index is 328. The molecule has 2 heterocycles. The average molecular weight is 258 g/mol. The molecule has 90 valence electrons. The van der Waals surface area contributed by atoms with E-state index in [9.17, 15) is 0 Å². The molecule has 1 aromatic rings. The van der Waals surface area contributed by atoms with Crippen molar-refractivity contribution in [3.05, 3.63) is 0 Å². The number of hydrogen-bond donors (Lipinski definition) is 1. The first-order chi connectivity index (χ1) is 7.75. The molecule has 0 aliphatic carbocycles. The second-order valence-electron chi connectivity index (χ2n) is 4.14. The molecule has 16 heavy (non-hydrogen) atoms. The van der Waals surface area contributed by atoms with E-state index in [0.29, 0.717) is 5.13 Å². The van der Waals surface area contributed by atoms with Gasteiger partial charge < -0.3 is 5.73 Å². The molecule has 1 fully saturated rings. The number of aromatic nitrogens is 2. The second-order valence-corrected chi connectivity index (χ2v) is 6.49.